The van der Waals surface area contributed by atoms with E-state index in [1.165, 1.54) is 5.56 Å². The van der Waals surface area contributed by atoms with Crippen LogP contribution in [0.3, 0.4) is 0 Å². The predicted octanol–water partition coefficient (Wildman–Crippen LogP) is -0.751. The van der Waals surface area contributed by atoms with Gasteiger partial charge in [0.2, 0.25) is 0 Å². The van der Waals surface area contributed by atoms with Crippen LogP contribution in [0.4, 0.5) is 0 Å². The molecule has 0 aliphatic rings. The van der Waals surface area contributed by atoms with Gasteiger partial charge in [0.05, 0.1) is 15.9 Å². The van der Waals surface area contributed by atoms with Crippen molar-refractivity contribution in [2.75, 3.05) is 0 Å². The van der Waals surface area contributed by atoms with E-state index in [-0.39, 0.29) is 29.6 Å². The van der Waals surface area contributed by atoms with E-state index in [0.717, 1.165) is 6.42 Å². The van der Waals surface area contributed by atoms with Crippen molar-refractivity contribution in [1.29, 1.82) is 0 Å². The second-order valence-electron chi connectivity index (χ2n) is 3.75. The molecule has 1 unspecified atom stereocenters. The van der Waals surface area contributed by atoms with E-state index in [0.29, 0.717) is 11.5 Å². The van der Waals surface area contributed by atoms with E-state index in [4.69, 9.17) is 0 Å². The zero-order valence-corrected chi connectivity index (χ0v) is 12.8. The van der Waals surface area contributed by atoms with Gasteiger partial charge in [0, 0.05) is 0 Å². The third-order valence-electron chi connectivity index (χ3n) is 2.50. The van der Waals surface area contributed by atoms with Crippen molar-refractivity contribution in [2.24, 2.45) is 0 Å². The van der Waals surface area contributed by atoms with Crippen LogP contribution in [0.5, 0.6) is 0 Å². The Morgan fingerprint density at radius 2 is 1.75 bits per heavy atom. The first-order chi connectivity index (χ1) is 6.92. The number of hydrogen-bond donors (Lipinski definition) is 0. The van der Waals surface area contributed by atoms with Crippen LogP contribution < -0.4 is 29.6 Å². The Kier molecular flexibility index (Phi) is 6.82. The van der Waals surface area contributed by atoms with Crippen LogP contribution in [0.2, 0.25) is 0 Å². The molecule has 16 heavy (non-hydrogen) atoms. The second-order valence-corrected chi connectivity index (χ2v) is 5.16. The zero-order chi connectivity index (χ0) is 11.5. The van der Waals surface area contributed by atoms with Gasteiger partial charge in [-0.2, -0.15) is 0 Å². The number of rotatable bonds is 4. The largest absolute Gasteiger partial charge is 1.00 e. The second kappa shape index (κ2) is 6.77. The van der Waals surface area contributed by atoms with Gasteiger partial charge in [-0.1, -0.05) is 38.1 Å². The van der Waals surface area contributed by atoms with Crippen LogP contribution in [0.15, 0.2) is 24.3 Å². The molecule has 84 valence electrons. The monoisotopic (exact) mass is 250 g/mol. The van der Waals surface area contributed by atoms with Gasteiger partial charge in [0.15, 0.2) is 0 Å². The summed E-state index contributed by atoms with van der Waals surface area (Å²) in [6.45, 7) is 4.21. The summed E-state index contributed by atoms with van der Waals surface area (Å²) >= 11 is 0. The molecule has 5 heteroatoms. The smallest absolute Gasteiger partial charge is 0.748 e. The van der Waals surface area contributed by atoms with Crippen LogP contribution in [0.1, 0.15) is 37.3 Å². The molecule has 3 nitrogen and oxygen atoms in total. The summed E-state index contributed by atoms with van der Waals surface area (Å²) in [5.41, 5.74) is 1.72. The SMILES string of the molecule is CCC(C)c1ccc(CS(=O)(=O)[O-])cc1.[Na+]. The molecular formula is C11H15NaO3S. The maximum absolute atomic E-state index is 10.5. The molecule has 0 aliphatic carbocycles. The minimum absolute atomic E-state index is 0. The molecule has 0 saturated heterocycles. The minimum Gasteiger partial charge on any atom is -0.748 e. The van der Waals surface area contributed by atoms with Crippen LogP contribution in [-0.4, -0.2) is 13.0 Å². The summed E-state index contributed by atoms with van der Waals surface area (Å²) in [6, 6.07) is 7.18. The van der Waals surface area contributed by atoms with Gasteiger partial charge in [0.25, 0.3) is 0 Å². The molecule has 0 N–H and O–H groups in total. The van der Waals surface area contributed by atoms with Gasteiger partial charge < -0.3 is 4.55 Å². The summed E-state index contributed by atoms with van der Waals surface area (Å²) in [5.74, 6) is 0.0382. The first kappa shape index (κ1) is 16.1. The van der Waals surface area contributed by atoms with E-state index in [1.54, 1.807) is 12.1 Å². The molecule has 0 aromatic heterocycles. The molecule has 0 heterocycles. The molecule has 0 saturated carbocycles. The van der Waals surface area contributed by atoms with Crippen LogP contribution in [0, 0.1) is 0 Å². The van der Waals surface area contributed by atoms with Crippen molar-refractivity contribution in [2.45, 2.75) is 31.9 Å². The Morgan fingerprint density at radius 1 is 1.25 bits per heavy atom. The van der Waals surface area contributed by atoms with E-state index < -0.39 is 15.9 Å². The van der Waals surface area contributed by atoms with Gasteiger partial charge >= 0.3 is 29.6 Å². The fraction of sp³-hybridized carbons (Fsp3) is 0.455. The topological polar surface area (TPSA) is 57.2 Å². The Hall–Kier alpha value is 0.130. The summed E-state index contributed by atoms with van der Waals surface area (Å²) in [4.78, 5) is 0. The predicted molar refractivity (Wildman–Crippen MR) is 58.5 cm³/mol. The molecule has 1 aromatic carbocycles. The van der Waals surface area contributed by atoms with Crippen molar-refractivity contribution < 1.29 is 42.5 Å². The molecule has 0 fully saturated rings. The van der Waals surface area contributed by atoms with Gasteiger partial charge in [-0.25, -0.2) is 8.42 Å². The van der Waals surface area contributed by atoms with Gasteiger partial charge in [0.1, 0.15) is 0 Å². The number of hydrogen-bond acceptors (Lipinski definition) is 3. The molecule has 0 spiro atoms. The van der Waals surface area contributed by atoms with Crippen LogP contribution in [0.25, 0.3) is 0 Å². The van der Waals surface area contributed by atoms with Crippen molar-refractivity contribution in [3.05, 3.63) is 35.4 Å². The Balaban J connectivity index is 0.00000225. The zero-order valence-electron chi connectivity index (χ0n) is 9.93. The third kappa shape index (κ3) is 5.46. The maximum atomic E-state index is 10.5. The minimum atomic E-state index is -4.17. The van der Waals surface area contributed by atoms with Crippen LogP contribution >= 0.6 is 0 Å². The maximum Gasteiger partial charge on any atom is 1.00 e. The fourth-order valence-corrected chi connectivity index (χ4v) is 1.98. The molecular weight excluding hydrogens is 235 g/mol. The molecule has 0 bridgehead atoms. The van der Waals surface area contributed by atoms with E-state index in [9.17, 15) is 13.0 Å². The molecule has 0 aliphatic heterocycles. The van der Waals surface area contributed by atoms with E-state index >= 15 is 0 Å². The standard InChI is InChI=1S/C11H16O3S.Na/c1-3-9(2)11-6-4-10(5-7-11)8-15(12,13)14;/h4-7,9H,3,8H2,1-2H3,(H,12,13,14);/q;+1/p-1. The Labute approximate surface area is 119 Å². The quantitative estimate of drug-likeness (QED) is 0.522. The first-order valence-electron chi connectivity index (χ1n) is 4.94. The summed E-state index contributed by atoms with van der Waals surface area (Å²) in [6.07, 6.45) is 1.04. The van der Waals surface area contributed by atoms with E-state index in [1.807, 2.05) is 12.1 Å². The van der Waals surface area contributed by atoms with Gasteiger partial charge in [-0.3, -0.25) is 0 Å². The van der Waals surface area contributed by atoms with Gasteiger partial charge in [-0.05, 0) is 23.5 Å². The first-order valence-corrected chi connectivity index (χ1v) is 6.52. The molecule has 1 aromatic rings. The van der Waals surface area contributed by atoms with Crippen molar-refractivity contribution in [1.82, 2.24) is 0 Å². The molecule has 1 atom stereocenters. The fourth-order valence-electron chi connectivity index (χ4n) is 1.38. The number of benzene rings is 1. The van der Waals surface area contributed by atoms with Crippen molar-refractivity contribution in [3.63, 3.8) is 0 Å². The molecule has 1 rings (SSSR count). The normalized spacial score (nSPS) is 12.9. The van der Waals surface area contributed by atoms with E-state index in [2.05, 4.69) is 13.8 Å². The summed E-state index contributed by atoms with van der Waals surface area (Å²) in [7, 11) is -4.17. The van der Waals surface area contributed by atoms with Crippen molar-refractivity contribution >= 4 is 10.1 Å². The van der Waals surface area contributed by atoms with Gasteiger partial charge in [-0.15, -0.1) is 0 Å². The summed E-state index contributed by atoms with van der Waals surface area (Å²) in [5, 5.41) is 0. The molecule has 0 amide bonds. The van der Waals surface area contributed by atoms with Crippen molar-refractivity contribution in [3.8, 4) is 0 Å². The Morgan fingerprint density at radius 3 is 2.12 bits per heavy atom. The third-order valence-corrected chi connectivity index (χ3v) is 3.19. The average Bonchev–Trinajstić information content (AvgIpc) is 2.15. The average molecular weight is 250 g/mol. The Bertz CT molecular complexity index is 411. The summed E-state index contributed by atoms with van der Waals surface area (Å²) < 4.78 is 31.6. The molecule has 0 radical (unpaired) electrons. The van der Waals surface area contributed by atoms with Crippen LogP contribution in [-0.2, 0) is 15.9 Å².